The van der Waals surface area contributed by atoms with E-state index in [9.17, 15) is 9.50 Å². The topological polar surface area (TPSA) is 41.9 Å². The summed E-state index contributed by atoms with van der Waals surface area (Å²) in [5.74, 6) is 1.96. The molecule has 0 radical (unpaired) electrons. The van der Waals surface area contributed by atoms with Crippen LogP contribution in [0.3, 0.4) is 0 Å². The van der Waals surface area contributed by atoms with E-state index in [4.69, 9.17) is 9.47 Å². The Labute approximate surface area is 158 Å². The Kier molecular flexibility index (Phi) is 8.35. The summed E-state index contributed by atoms with van der Waals surface area (Å²) in [6.45, 7) is 5.47. The third-order valence-electron chi connectivity index (χ3n) is 5.36. The average molecular weight is 369 g/mol. The Morgan fingerprint density at radius 1 is 1.27 bits per heavy atom. The molecule has 4 nitrogen and oxygen atoms in total. The van der Waals surface area contributed by atoms with Gasteiger partial charge in [0, 0.05) is 19.1 Å². The van der Waals surface area contributed by atoms with Gasteiger partial charge in [-0.25, -0.2) is 4.39 Å². The molecule has 2 aliphatic rings. The monoisotopic (exact) mass is 368 g/mol. The number of rotatable bonds is 5. The van der Waals surface area contributed by atoms with Crippen molar-refractivity contribution < 1.29 is 19.0 Å². The van der Waals surface area contributed by atoms with Crippen LogP contribution in [-0.4, -0.2) is 43.2 Å². The van der Waals surface area contributed by atoms with Crippen molar-refractivity contribution in [3.05, 3.63) is 23.3 Å². The fourth-order valence-corrected chi connectivity index (χ4v) is 4.27. The minimum absolute atomic E-state index is 0. The van der Waals surface area contributed by atoms with E-state index in [1.54, 1.807) is 7.11 Å². The number of aliphatic hydroxyl groups is 1. The minimum Gasteiger partial charge on any atom is -0.493 e. The second kappa shape index (κ2) is 9.56. The number of benzene rings is 1. The minimum atomic E-state index is -0.861. The van der Waals surface area contributed by atoms with Crippen LogP contribution in [0.15, 0.2) is 12.1 Å². The molecule has 1 fully saturated rings. The van der Waals surface area contributed by atoms with Crippen LogP contribution in [0, 0.1) is 11.8 Å². The molecule has 0 spiro atoms. The number of hydrogen-bond acceptors (Lipinski definition) is 4. The molecule has 0 aromatic heterocycles. The first-order chi connectivity index (χ1) is 11.5. The molecule has 150 valence electrons. The molecule has 3 rings (SSSR count). The van der Waals surface area contributed by atoms with E-state index >= 15 is 0 Å². The number of nitrogens with zero attached hydrogens (tertiary/aromatic N) is 1. The quantitative estimate of drug-likeness (QED) is 0.825. The average Bonchev–Trinajstić information content (AvgIpc) is 2.55. The number of hydrogen-bond donors (Lipinski definition) is 1. The number of halogens is 1. The highest BCUT2D eigenvalue weighted by Gasteiger charge is 2.38. The highest BCUT2D eigenvalue weighted by molar-refractivity contribution is 5.49. The zero-order valence-electron chi connectivity index (χ0n) is 14.8. The van der Waals surface area contributed by atoms with Gasteiger partial charge in [0.25, 0.3) is 0 Å². The van der Waals surface area contributed by atoms with E-state index in [0.29, 0.717) is 23.3 Å². The van der Waals surface area contributed by atoms with Crippen molar-refractivity contribution >= 4 is 0 Å². The summed E-state index contributed by atoms with van der Waals surface area (Å²) in [6.07, 6.45) is 2.45. The van der Waals surface area contributed by atoms with Crippen LogP contribution in [0.1, 0.15) is 58.7 Å². The lowest BCUT2D eigenvalue weighted by molar-refractivity contribution is -0.0192. The van der Waals surface area contributed by atoms with Gasteiger partial charge in [0.15, 0.2) is 11.5 Å². The van der Waals surface area contributed by atoms with E-state index in [-0.39, 0.29) is 27.0 Å². The first-order valence-electron chi connectivity index (χ1n) is 8.85. The summed E-state index contributed by atoms with van der Waals surface area (Å²) in [5, 5.41) is 10.6. The lowest BCUT2D eigenvalue weighted by atomic mass is 9.79. The van der Waals surface area contributed by atoms with Crippen molar-refractivity contribution in [3.8, 4) is 11.5 Å². The van der Waals surface area contributed by atoms with Gasteiger partial charge in [-0.15, -0.1) is 0 Å². The third-order valence-corrected chi connectivity index (χ3v) is 5.36. The molecule has 1 aromatic carbocycles. The van der Waals surface area contributed by atoms with Gasteiger partial charge in [0.2, 0.25) is 6.86 Å². The molecule has 5 heteroatoms. The van der Waals surface area contributed by atoms with Crippen molar-refractivity contribution in [3.63, 3.8) is 0 Å². The number of aliphatic hydroxyl groups excluding tert-OH is 1. The molecule has 1 N–H and O–H groups in total. The van der Waals surface area contributed by atoms with Crippen molar-refractivity contribution in [1.29, 1.82) is 0 Å². The molecule has 0 saturated carbocycles. The molecule has 26 heavy (non-hydrogen) atoms. The Morgan fingerprint density at radius 3 is 2.62 bits per heavy atom. The van der Waals surface area contributed by atoms with Gasteiger partial charge in [-0.1, -0.05) is 28.7 Å². The summed E-state index contributed by atoms with van der Waals surface area (Å²) in [5.41, 5.74) is 2.36. The van der Waals surface area contributed by atoms with Crippen LogP contribution in [0.4, 0.5) is 4.39 Å². The van der Waals surface area contributed by atoms with Crippen LogP contribution < -0.4 is 9.47 Å². The molecule has 1 aromatic rings. The maximum atomic E-state index is 12.6. The molecule has 0 amide bonds. The highest BCUT2D eigenvalue weighted by Crippen LogP contribution is 2.43. The van der Waals surface area contributed by atoms with Gasteiger partial charge in [-0.3, -0.25) is 4.90 Å². The molecule has 0 bridgehead atoms. The Morgan fingerprint density at radius 2 is 2.00 bits per heavy atom. The summed E-state index contributed by atoms with van der Waals surface area (Å²) < 4.78 is 23.0. The zero-order chi connectivity index (χ0) is 17.3. The molecule has 0 unspecified atom stereocenters. The summed E-state index contributed by atoms with van der Waals surface area (Å²) >= 11 is 0. The lowest BCUT2D eigenvalue weighted by Gasteiger charge is -2.46. The van der Waals surface area contributed by atoms with E-state index in [0.717, 1.165) is 32.4 Å². The first-order valence-corrected chi connectivity index (χ1v) is 8.85. The maximum Gasteiger partial charge on any atom is 0.228 e. The van der Waals surface area contributed by atoms with Gasteiger partial charge < -0.3 is 14.6 Å². The second-order valence-corrected chi connectivity index (χ2v) is 7.41. The molecular weight excluding hydrogens is 332 g/mol. The molecule has 0 aliphatic carbocycles. The number of ether oxygens (including phenoxy) is 2. The largest absolute Gasteiger partial charge is 0.493 e. The zero-order valence-corrected chi connectivity index (χ0v) is 14.8. The number of alkyl halides is 1. The molecule has 3 atom stereocenters. The SMILES string of the molecule is C.C.COc1cc2c(cc1OC[18F])CCN1C[C@@H](CC(C)C)[C@H](O)C[C@H]21. The van der Waals surface area contributed by atoms with E-state index < -0.39 is 6.86 Å². The van der Waals surface area contributed by atoms with Crippen molar-refractivity contribution in [2.75, 3.05) is 27.1 Å². The van der Waals surface area contributed by atoms with E-state index in [1.807, 2.05) is 12.1 Å². The predicted octanol–water partition coefficient (Wildman–Crippen LogP) is 4.60. The molecule has 2 heterocycles. The highest BCUT2D eigenvalue weighted by atomic mass is 18.2. The Balaban J connectivity index is 0.00000169. The fraction of sp³-hybridized carbons (Fsp3) is 0.714. The number of fused-ring (bicyclic) bond motifs is 3. The third kappa shape index (κ3) is 4.49. The summed E-state index contributed by atoms with van der Waals surface area (Å²) in [6, 6.07) is 4.07. The number of methoxy groups -OCH3 is 1. The normalized spacial score (nSPS) is 24.8. The van der Waals surface area contributed by atoms with Crippen molar-refractivity contribution in [2.24, 2.45) is 11.8 Å². The maximum absolute atomic E-state index is 12.6. The van der Waals surface area contributed by atoms with E-state index in [2.05, 4.69) is 18.7 Å². The number of piperidine rings is 1. The van der Waals surface area contributed by atoms with Crippen LogP contribution in [-0.2, 0) is 6.42 Å². The Hall–Kier alpha value is -1.33. The lowest BCUT2D eigenvalue weighted by Crippen LogP contribution is -2.48. The smallest absolute Gasteiger partial charge is 0.228 e. The van der Waals surface area contributed by atoms with Gasteiger partial charge in [0.05, 0.1) is 13.2 Å². The van der Waals surface area contributed by atoms with Crippen molar-refractivity contribution in [1.82, 2.24) is 4.90 Å². The molecule has 2 aliphatic heterocycles. The van der Waals surface area contributed by atoms with Gasteiger partial charge in [0.1, 0.15) is 0 Å². The summed E-state index contributed by atoms with van der Waals surface area (Å²) in [4.78, 5) is 2.48. The Bertz CT molecular complexity index is 579. The summed E-state index contributed by atoms with van der Waals surface area (Å²) in [7, 11) is 1.57. The van der Waals surface area contributed by atoms with Gasteiger partial charge >= 0.3 is 0 Å². The molecular formula is C21H36FNO3. The first kappa shape index (κ1) is 22.7. The van der Waals surface area contributed by atoms with Crippen molar-refractivity contribution in [2.45, 2.75) is 60.1 Å². The van der Waals surface area contributed by atoms with Crippen LogP contribution in [0.2, 0.25) is 0 Å². The van der Waals surface area contributed by atoms with Gasteiger partial charge in [-0.05, 0) is 54.4 Å². The van der Waals surface area contributed by atoms with Crippen LogP contribution >= 0.6 is 0 Å². The molecule has 1 saturated heterocycles. The van der Waals surface area contributed by atoms with Crippen LogP contribution in [0.5, 0.6) is 11.5 Å². The van der Waals surface area contributed by atoms with Gasteiger partial charge in [-0.2, -0.15) is 0 Å². The van der Waals surface area contributed by atoms with E-state index in [1.165, 1.54) is 11.1 Å². The standard InChI is InChI=1S/C19H28FNO3.2CH4/c1-12(2)6-14-10-21-5-4-13-7-19(24-11-20)18(23-3)8-15(13)16(21)9-17(14)22;;/h7-8,12,14,16-17,22H,4-6,9-11H2,1-3H3;2*1H4/t14-,16-,17-;;/m1../s1/i20-1;;. The predicted molar refractivity (Wildman–Crippen MR) is 105 cm³/mol. The fourth-order valence-electron chi connectivity index (χ4n) is 4.27. The van der Waals surface area contributed by atoms with Crippen LogP contribution in [0.25, 0.3) is 0 Å². The second-order valence-electron chi connectivity index (χ2n) is 7.41.